The van der Waals surface area contributed by atoms with Crippen LogP contribution in [0.1, 0.15) is 151 Å². The molecular weight excluding hydrogens is 452 g/mol. The summed E-state index contributed by atoms with van der Waals surface area (Å²) in [5.74, 6) is 0.842. The maximum Gasteiger partial charge on any atom is 0.0707 e. The highest BCUT2D eigenvalue weighted by Crippen LogP contribution is 2.31. The van der Waals surface area contributed by atoms with Gasteiger partial charge in [0.05, 0.1) is 24.4 Å². The van der Waals surface area contributed by atoms with Crippen LogP contribution in [0, 0.1) is 27.6 Å². The summed E-state index contributed by atoms with van der Waals surface area (Å²) >= 11 is 0. The highest BCUT2D eigenvalue weighted by molar-refractivity contribution is 5.08. The van der Waals surface area contributed by atoms with Crippen LogP contribution in [0.2, 0.25) is 0 Å². The number of ether oxygens (including phenoxy) is 2. The van der Waals surface area contributed by atoms with Crippen molar-refractivity contribution in [2.75, 3.05) is 13.2 Å². The molecule has 0 aliphatic heterocycles. The zero-order chi connectivity index (χ0) is 30.4. The van der Waals surface area contributed by atoms with Crippen LogP contribution < -0.4 is 0 Å². The first-order chi connectivity index (χ1) is 16.0. The van der Waals surface area contributed by atoms with E-state index in [4.69, 9.17) is 9.47 Å². The minimum Gasteiger partial charge on any atom is -0.373 e. The summed E-state index contributed by atoms with van der Waals surface area (Å²) in [6, 6.07) is 0. The third-order valence-corrected chi connectivity index (χ3v) is 5.50. The molecular formula is C35H72O2. The Morgan fingerprint density at radius 1 is 0.541 bits per heavy atom. The van der Waals surface area contributed by atoms with Crippen LogP contribution >= 0.6 is 0 Å². The predicted molar refractivity (Wildman–Crippen MR) is 171 cm³/mol. The molecule has 224 valence electrons. The minimum atomic E-state index is -0.0543. The maximum absolute atomic E-state index is 5.50. The summed E-state index contributed by atoms with van der Waals surface area (Å²) < 4.78 is 11.0. The second kappa shape index (κ2) is 17.2. The summed E-state index contributed by atoms with van der Waals surface area (Å²) in [6.07, 6.45) is 12.8. The van der Waals surface area contributed by atoms with Crippen molar-refractivity contribution in [1.29, 1.82) is 0 Å². The van der Waals surface area contributed by atoms with Crippen molar-refractivity contribution in [1.82, 2.24) is 0 Å². The van der Waals surface area contributed by atoms with E-state index >= 15 is 0 Å². The van der Waals surface area contributed by atoms with E-state index in [-0.39, 0.29) is 11.2 Å². The molecule has 1 unspecified atom stereocenters. The zero-order valence-electron chi connectivity index (χ0n) is 29.2. The summed E-state index contributed by atoms with van der Waals surface area (Å²) in [7, 11) is 0. The molecule has 0 rings (SSSR count). The maximum atomic E-state index is 5.50. The van der Waals surface area contributed by atoms with Crippen LogP contribution in [0.3, 0.4) is 0 Å². The highest BCUT2D eigenvalue weighted by atomic mass is 16.5. The van der Waals surface area contributed by atoms with Gasteiger partial charge in [-0.2, -0.15) is 0 Å². The van der Waals surface area contributed by atoms with Gasteiger partial charge >= 0.3 is 0 Å². The van der Waals surface area contributed by atoms with Crippen molar-refractivity contribution >= 4 is 0 Å². The van der Waals surface area contributed by atoms with Gasteiger partial charge in [0.2, 0.25) is 0 Å². The summed E-state index contributed by atoms with van der Waals surface area (Å²) in [6.45, 7) is 43.2. The molecule has 0 radical (unpaired) electrons. The van der Waals surface area contributed by atoms with Crippen LogP contribution in [-0.2, 0) is 9.47 Å². The number of rotatable bonds is 7. The fraction of sp³-hybridized carbons (Fsp3) is 0.886. The Morgan fingerprint density at radius 2 is 0.865 bits per heavy atom. The number of hydrogen-bond acceptors (Lipinski definition) is 2. The molecule has 2 heteroatoms. The molecule has 0 N–H and O–H groups in total. The van der Waals surface area contributed by atoms with Crippen molar-refractivity contribution in [3.05, 3.63) is 24.3 Å². The third-order valence-electron chi connectivity index (χ3n) is 5.50. The first kappa shape index (κ1) is 40.9. The molecule has 0 fully saturated rings. The largest absolute Gasteiger partial charge is 0.373 e. The lowest BCUT2D eigenvalue weighted by molar-refractivity contribution is -0.0719. The van der Waals surface area contributed by atoms with Crippen LogP contribution in [0.15, 0.2) is 24.3 Å². The fourth-order valence-corrected chi connectivity index (χ4v) is 2.76. The summed E-state index contributed by atoms with van der Waals surface area (Å²) in [5, 5.41) is 0. The van der Waals surface area contributed by atoms with Crippen molar-refractivity contribution in [3.63, 3.8) is 0 Å². The lowest BCUT2D eigenvalue weighted by Crippen LogP contribution is -2.26. The molecule has 0 saturated heterocycles. The van der Waals surface area contributed by atoms with E-state index in [0.717, 1.165) is 5.92 Å². The van der Waals surface area contributed by atoms with Crippen molar-refractivity contribution < 1.29 is 9.47 Å². The van der Waals surface area contributed by atoms with Crippen LogP contribution in [0.25, 0.3) is 0 Å². The van der Waals surface area contributed by atoms with Crippen molar-refractivity contribution in [2.45, 2.75) is 162 Å². The smallest absolute Gasteiger partial charge is 0.0707 e. The lowest BCUT2D eigenvalue weighted by Gasteiger charge is -2.28. The summed E-state index contributed by atoms with van der Waals surface area (Å²) in [5.41, 5.74) is 1.47. The van der Waals surface area contributed by atoms with E-state index in [0.29, 0.717) is 34.9 Å². The molecule has 0 spiro atoms. The monoisotopic (exact) mass is 525 g/mol. The zero-order valence-corrected chi connectivity index (χ0v) is 29.2. The van der Waals surface area contributed by atoms with Crippen LogP contribution in [0.4, 0.5) is 0 Å². The molecule has 1 atom stereocenters. The molecule has 0 aliphatic carbocycles. The molecule has 0 aromatic heterocycles. The van der Waals surface area contributed by atoms with E-state index in [2.05, 4.69) is 114 Å². The average Bonchev–Trinajstić information content (AvgIpc) is 2.59. The van der Waals surface area contributed by atoms with Gasteiger partial charge in [0.15, 0.2) is 0 Å². The van der Waals surface area contributed by atoms with E-state index in [1.807, 2.05) is 41.5 Å². The molecule has 2 nitrogen and oxygen atoms in total. The number of allylic oxidation sites excluding steroid dienone is 4. The fourth-order valence-electron chi connectivity index (χ4n) is 2.76. The van der Waals surface area contributed by atoms with Gasteiger partial charge in [0, 0.05) is 0 Å². The van der Waals surface area contributed by atoms with E-state index in [9.17, 15) is 0 Å². The third kappa shape index (κ3) is 42.7. The highest BCUT2D eigenvalue weighted by Gasteiger charge is 2.20. The Labute approximate surface area is 236 Å². The Kier molecular flexibility index (Phi) is 19.0. The van der Waals surface area contributed by atoms with Gasteiger partial charge in [-0.05, 0) is 75.5 Å². The second-order valence-corrected chi connectivity index (χ2v) is 17.1. The topological polar surface area (TPSA) is 18.5 Å². The molecule has 0 heterocycles. The quantitative estimate of drug-likeness (QED) is 0.243. The van der Waals surface area contributed by atoms with Gasteiger partial charge in [-0.1, -0.05) is 127 Å². The molecule has 0 aromatic carbocycles. The molecule has 0 aliphatic rings. The van der Waals surface area contributed by atoms with E-state index < -0.39 is 0 Å². The van der Waals surface area contributed by atoms with Crippen LogP contribution in [-0.4, -0.2) is 24.4 Å². The lowest BCUT2D eigenvalue weighted by atomic mass is 9.78. The minimum absolute atomic E-state index is 0.0543. The van der Waals surface area contributed by atoms with Gasteiger partial charge in [0.25, 0.3) is 0 Å². The molecule has 0 aromatic rings. The van der Waals surface area contributed by atoms with Gasteiger partial charge in [0.1, 0.15) is 0 Å². The average molecular weight is 525 g/mol. The van der Waals surface area contributed by atoms with E-state index in [1.165, 1.54) is 19.3 Å². The molecule has 0 bridgehead atoms. The van der Waals surface area contributed by atoms with Gasteiger partial charge in [-0.3, -0.25) is 0 Å². The van der Waals surface area contributed by atoms with Gasteiger partial charge < -0.3 is 9.47 Å². The Balaban J connectivity index is -0.000000469. The molecule has 37 heavy (non-hydrogen) atoms. The standard InChI is InChI=1S/C13H28.C12H22.C10H22O2/c1-11(13(5,6)7)9-8-10-12(2,3)4;1-11(2,3)9-7-8-10-12(4,5)6;1-9(2,3)11-7-8-12-10(4,5)6/h11H,8-10H2,1-7H3;7-10H,1-6H3;7-8H2,1-6H3/b;9-7-,10-8-;. The van der Waals surface area contributed by atoms with Crippen molar-refractivity contribution in [2.24, 2.45) is 27.6 Å². The van der Waals surface area contributed by atoms with Gasteiger partial charge in [-0.15, -0.1) is 0 Å². The summed E-state index contributed by atoms with van der Waals surface area (Å²) in [4.78, 5) is 0. The first-order valence-corrected chi connectivity index (χ1v) is 14.7. The SMILES string of the molecule is CC(C)(C)/C=C\C=C/C(C)(C)C.CC(C)(C)OCCOC(C)(C)C.CC(CCCC(C)(C)C)C(C)(C)C. The Bertz CT molecular complexity index is 559. The second-order valence-electron chi connectivity index (χ2n) is 17.1. The Hall–Kier alpha value is -0.600. The van der Waals surface area contributed by atoms with Crippen molar-refractivity contribution in [3.8, 4) is 0 Å². The Morgan fingerprint density at radius 3 is 1.08 bits per heavy atom. The molecule has 0 amide bonds. The molecule has 0 saturated carbocycles. The van der Waals surface area contributed by atoms with Crippen LogP contribution in [0.5, 0.6) is 0 Å². The normalized spacial score (nSPS) is 14.8. The first-order valence-electron chi connectivity index (χ1n) is 14.7. The van der Waals surface area contributed by atoms with Gasteiger partial charge in [-0.25, -0.2) is 0 Å². The predicted octanol–water partition coefficient (Wildman–Crippen LogP) is 11.7. The number of hydrogen-bond donors (Lipinski definition) is 0. The van der Waals surface area contributed by atoms with E-state index in [1.54, 1.807) is 0 Å².